The van der Waals surface area contributed by atoms with E-state index in [4.69, 9.17) is 0 Å². The summed E-state index contributed by atoms with van der Waals surface area (Å²) in [6.45, 7) is 0. The molecule has 0 heterocycles. The van der Waals surface area contributed by atoms with Gasteiger partial charge in [0, 0.05) is 0 Å². The summed E-state index contributed by atoms with van der Waals surface area (Å²) in [5.74, 6) is 0. The van der Waals surface area contributed by atoms with E-state index in [2.05, 4.69) is 0 Å². The Morgan fingerprint density at radius 2 is 1.33 bits per heavy atom. The van der Waals surface area contributed by atoms with Crippen LogP contribution in [0.15, 0.2) is 0 Å². The van der Waals surface area contributed by atoms with Crippen LogP contribution < -0.4 is 0 Å². The maximum Gasteiger partial charge on any atom is 0.427 e. The Morgan fingerprint density at radius 1 is 1.00 bits per heavy atom. The van der Waals surface area contributed by atoms with Crippen molar-refractivity contribution in [3.63, 3.8) is 0 Å². The van der Waals surface area contributed by atoms with Gasteiger partial charge in [-0.15, -0.1) is 0 Å². The molecule has 12 heavy (non-hydrogen) atoms. The molecule has 0 fully saturated rings. The Morgan fingerprint density at radius 3 is 1.42 bits per heavy atom. The first-order valence-corrected chi connectivity index (χ1v) is 2.86. The van der Waals surface area contributed by atoms with Crippen LogP contribution in [0.1, 0.15) is 0 Å². The molecule has 0 bridgehead atoms. The van der Waals surface area contributed by atoms with Gasteiger partial charge < -0.3 is 0 Å². The molecule has 0 N–H and O–H groups in total. The van der Waals surface area contributed by atoms with E-state index in [0.717, 1.165) is 0 Å². The van der Waals surface area contributed by atoms with Crippen LogP contribution in [0.4, 0.5) is 26.3 Å². The molecule has 7 heteroatoms. The maximum absolute atomic E-state index is 12.3. The lowest BCUT2D eigenvalue weighted by Gasteiger charge is -2.27. The third-order valence-corrected chi connectivity index (χ3v) is 1.19. The fraction of sp³-hybridized carbons (Fsp3) is 1.00. The summed E-state index contributed by atoms with van der Waals surface area (Å²) in [5, 5.41) is 0. The van der Waals surface area contributed by atoms with Crippen molar-refractivity contribution in [1.29, 1.82) is 0 Å². The standard InChI is InChI=1S/C5H7F6N/c1-12(2)5(10,11)3(6)4(7,8)9/h3H,1-2H3. The van der Waals surface area contributed by atoms with E-state index in [9.17, 15) is 26.3 Å². The van der Waals surface area contributed by atoms with Crippen LogP contribution in [0.25, 0.3) is 0 Å². The van der Waals surface area contributed by atoms with Crippen LogP contribution in [-0.4, -0.2) is 37.4 Å². The molecule has 0 aliphatic rings. The van der Waals surface area contributed by atoms with E-state index >= 15 is 0 Å². The van der Waals surface area contributed by atoms with Gasteiger partial charge in [0.15, 0.2) is 0 Å². The smallest absolute Gasteiger partial charge is 0.248 e. The van der Waals surface area contributed by atoms with E-state index in [-0.39, 0.29) is 4.90 Å². The quantitative estimate of drug-likeness (QED) is 0.481. The first-order chi connectivity index (χ1) is 5.10. The number of hydrogen-bond donors (Lipinski definition) is 0. The van der Waals surface area contributed by atoms with E-state index in [0.29, 0.717) is 14.1 Å². The van der Waals surface area contributed by atoms with Crippen LogP contribution in [0.3, 0.4) is 0 Å². The molecule has 0 spiro atoms. The monoisotopic (exact) mass is 195 g/mol. The van der Waals surface area contributed by atoms with Gasteiger partial charge >= 0.3 is 12.2 Å². The summed E-state index contributed by atoms with van der Waals surface area (Å²) in [4.78, 5) is -0.120. The van der Waals surface area contributed by atoms with Crippen molar-refractivity contribution < 1.29 is 26.3 Å². The third-order valence-electron chi connectivity index (χ3n) is 1.19. The first-order valence-electron chi connectivity index (χ1n) is 2.86. The summed E-state index contributed by atoms with van der Waals surface area (Å²) in [6.07, 6.45) is -9.69. The molecule has 1 nitrogen and oxygen atoms in total. The summed E-state index contributed by atoms with van der Waals surface area (Å²) >= 11 is 0. The van der Waals surface area contributed by atoms with Gasteiger partial charge in [0.1, 0.15) is 0 Å². The lowest BCUT2D eigenvalue weighted by Crippen LogP contribution is -2.50. The van der Waals surface area contributed by atoms with E-state index in [1.54, 1.807) is 0 Å². The van der Waals surface area contributed by atoms with Gasteiger partial charge in [-0.1, -0.05) is 0 Å². The molecule has 0 aromatic heterocycles. The average molecular weight is 195 g/mol. The van der Waals surface area contributed by atoms with E-state index in [1.807, 2.05) is 0 Å². The zero-order chi connectivity index (χ0) is 10.2. The topological polar surface area (TPSA) is 3.24 Å². The molecule has 0 saturated carbocycles. The van der Waals surface area contributed by atoms with Crippen molar-refractivity contribution >= 4 is 0 Å². The Labute approximate surface area is 65.0 Å². The highest BCUT2D eigenvalue weighted by atomic mass is 19.4. The molecule has 0 aromatic carbocycles. The van der Waals surface area contributed by atoms with Gasteiger partial charge in [0.25, 0.3) is 6.17 Å². The summed E-state index contributed by atoms with van der Waals surface area (Å²) in [6, 6.07) is -4.52. The predicted octanol–water partition coefficient (Wildman–Crippen LogP) is 2.04. The predicted molar refractivity (Wildman–Crippen MR) is 29.6 cm³/mol. The second kappa shape index (κ2) is 3.12. The Balaban J connectivity index is 4.57. The van der Waals surface area contributed by atoms with Gasteiger partial charge in [-0.2, -0.15) is 22.0 Å². The van der Waals surface area contributed by atoms with Crippen LogP contribution in [0.5, 0.6) is 0 Å². The molecule has 1 atom stereocenters. The fourth-order valence-electron chi connectivity index (χ4n) is 0.424. The lowest BCUT2D eigenvalue weighted by molar-refractivity contribution is -0.280. The Kier molecular flexibility index (Phi) is 3.00. The third kappa shape index (κ3) is 2.26. The van der Waals surface area contributed by atoms with Crippen LogP contribution in [0.2, 0.25) is 0 Å². The normalized spacial score (nSPS) is 16.8. The van der Waals surface area contributed by atoms with Crippen LogP contribution in [0, 0.1) is 0 Å². The van der Waals surface area contributed by atoms with E-state index in [1.165, 1.54) is 0 Å². The molecule has 0 aromatic rings. The maximum atomic E-state index is 12.3. The number of alkyl halides is 6. The van der Waals surface area contributed by atoms with Crippen molar-refractivity contribution in [2.75, 3.05) is 14.1 Å². The molecule has 0 amide bonds. The van der Waals surface area contributed by atoms with Crippen molar-refractivity contribution in [3.8, 4) is 0 Å². The number of halogens is 6. The van der Waals surface area contributed by atoms with Gasteiger partial charge in [-0.05, 0) is 14.1 Å². The fourth-order valence-corrected chi connectivity index (χ4v) is 0.424. The van der Waals surface area contributed by atoms with Gasteiger partial charge in [-0.25, -0.2) is 9.29 Å². The molecule has 0 aliphatic heterocycles. The molecule has 0 rings (SSSR count). The minimum absolute atomic E-state index is 0.120. The highest BCUT2D eigenvalue weighted by molar-refractivity contribution is 4.80. The number of rotatable bonds is 2. The molecule has 0 aliphatic carbocycles. The number of nitrogens with zero attached hydrogens (tertiary/aromatic N) is 1. The molecule has 0 radical (unpaired) electrons. The molecule has 1 unspecified atom stereocenters. The van der Waals surface area contributed by atoms with Crippen LogP contribution in [-0.2, 0) is 0 Å². The zero-order valence-electron chi connectivity index (χ0n) is 6.29. The number of hydrogen-bond acceptors (Lipinski definition) is 1. The van der Waals surface area contributed by atoms with E-state index < -0.39 is 18.4 Å². The van der Waals surface area contributed by atoms with Crippen molar-refractivity contribution in [3.05, 3.63) is 0 Å². The molecular weight excluding hydrogens is 188 g/mol. The summed E-state index contributed by atoms with van der Waals surface area (Å²) < 4.78 is 70.8. The van der Waals surface area contributed by atoms with Crippen molar-refractivity contribution in [2.24, 2.45) is 0 Å². The SMILES string of the molecule is CN(C)C(F)(F)C(F)C(F)(F)F. The largest absolute Gasteiger partial charge is 0.427 e. The van der Waals surface area contributed by atoms with Gasteiger partial charge in [0.2, 0.25) is 0 Å². The highest BCUT2D eigenvalue weighted by Gasteiger charge is 2.58. The first kappa shape index (κ1) is 11.5. The highest BCUT2D eigenvalue weighted by Crippen LogP contribution is 2.35. The van der Waals surface area contributed by atoms with Crippen molar-refractivity contribution in [2.45, 2.75) is 18.4 Å². The Hall–Kier alpha value is -0.460. The van der Waals surface area contributed by atoms with Crippen molar-refractivity contribution in [1.82, 2.24) is 4.90 Å². The summed E-state index contributed by atoms with van der Waals surface area (Å²) in [7, 11) is 1.33. The summed E-state index contributed by atoms with van der Waals surface area (Å²) in [5.41, 5.74) is 0. The Bertz CT molecular complexity index is 151. The van der Waals surface area contributed by atoms with Gasteiger partial charge in [0.05, 0.1) is 0 Å². The molecular formula is C5H7F6N. The average Bonchev–Trinajstić information content (AvgIpc) is 1.83. The second-order valence-electron chi connectivity index (χ2n) is 2.39. The zero-order valence-corrected chi connectivity index (χ0v) is 6.29. The lowest BCUT2D eigenvalue weighted by atomic mass is 10.3. The van der Waals surface area contributed by atoms with Crippen LogP contribution >= 0.6 is 0 Å². The minimum Gasteiger partial charge on any atom is -0.248 e. The molecule has 74 valence electrons. The van der Waals surface area contributed by atoms with Gasteiger partial charge in [-0.3, -0.25) is 0 Å². The molecule has 0 saturated heterocycles. The second-order valence-corrected chi connectivity index (χ2v) is 2.39. The minimum atomic E-state index is -5.53.